The summed E-state index contributed by atoms with van der Waals surface area (Å²) in [6.07, 6.45) is 1.97. The molecule has 2 heterocycles. The third-order valence-corrected chi connectivity index (χ3v) is 3.76. The van der Waals surface area contributed by atoms with Crippen LogP contribution in [-0.2, 0) is 31.2 Å². The van der Waals surface area contributed by atoms with Crippen LogP contribution in [0.5, 0.6) is 0 Å². The quantitative estimate of drug-likeness (QED) is 0.761. The molecular formula is C14H22ClN5O. The van der Waals surface area contributed by atoms with Gasteiger partial charge < -0.3 is 9.47 Å². The smallest absolute Gasteiger partial charge is 0.223 e. The molecule has 116 valence electrons. The Balaban J connectivity index is 2.41. The predicted octanol–water partition coefficient (Wildman–Crippen LogP) is 1.59. The van der Waals surface area contributed by atoms with Gasteiger partial charge in [0, 0.05) is 46.4 Å². The van der Waals surface area contributed by atoms with Crippen LogP contribution >= 0.6 is 11.6 Å². The van der Waals surface area contributed by atoms with Crippen LogP contribution in [0, 0.1) is 0 Å². The predicted molar refractivity (Wildman–Crippen MR) is 83.6 cm³/mol. The van der Waals surface area contributed by atoms with Gasteiger partial charge >= 0.3 is 0 Å². The molecule has 0 aliphatic heterocycles. The number of hydrogen-bond donors (Lipinski definition) is 0. The maximum Gasteiger partial charge on any atom is 0.223 e. The van der Waals surface area contributed by atoms with Gasteiger partial charge in [-0.3, -0.25) is 9.48 Å². The fraction of sp³-hybridized carbons (Fsp3) is 0.643. The average molecular weight is 312 g/mol. The van der Waals surface area contributed by atoms with E-state index >= 15 is 0 Å². The molecule has 21 heavy (non-hydrogen) atoms. The molecule has 0 aliphatic carbocycles. The van der Waals surface area contributed by atoms with Crippen LogP contribution in [-0.4, -0.2) is 50.1 Å². The molecule has 0 fully saturated rings. The minimum absolute atomic E-state index is 0.103. The zero-order valence-electron chi connectivity index (χ0n) is 13.1. The van der Waals surface area contributed by atoms with E-state index in [1.165, 1.54) is 0 Å². The number of alkyl halides is 1. The van der Waals surface area contributed by atoms with Crippen molar-refractivity contribution in [1.29, 1.82) is 0 Å². The van der Waals surface area contributed by atoms with Crippen molar-refractivity contribution in [3.63, 3.8) is 0 Å². The molecule has 2 aromatic heterocycles. The van der Waals surface area contributed by atoms with Crippen LogP contribution in [0.3, 0.4) is 0 Å². The van der Waals surface area contributed by atoms with Crippen molar-refractivity contribution in [2.75, 3.05) is 20.0 Å². The Kier molecular flexibility index (Phi) is 4.88. The van der Waals surface area contributed by atoms with E-state index in [9.17, 15) is 4.79 Å². The van der Waals surface area contributed by atoms with E-state index in [-0.39, 0.29) is 5.91 Å². The molecule has 0 aromatic carbocycles. The Morgan fingerprint density at radius 1 is 1.38 bits per heavy atom. The van der Waals surface area contributed by atoms with E-state index < -0.39 is 0 Å². The van der Waals surface area contributed by atoms with Gasteiger partial charge in [-0.15, -0.1) is 11.6 Å². The first-order valence-electron chi connectivity index (χ1n) is 7.16. The van der Waals surface area contributed by atoms with Crippen LogP contribution in [0.25, 0.3) is 11.2 Å². The van der Waals surface area contributed by atoms with Gasteiger partial charge in [0.15, 0.2) is 5.65 Å². The van der Waals surface area contributed by atoms with E-state index in [1.807, 2.05) is 11.7 Å². The second-order valence-corrected chi connectivity index (χ2v) is 5.63. The summed E-state index contributed by atoms with van der Waals surface area (Å²) >= 11 is 5.88. The summed E-state index contributed by atoms with van der Waals surface area (Å²) in [7, 11) is 5.45. The number of halogens is 1. The van der Waals surface area contributed by atoms with Crippen molar-refractivity contribution in [2.24, 2.45) is 7.05 Å². The highest BCUT2D eigenvalue weighted by atomic mass is 35.5. The lowest BCUT2D eigenvalue weighted by Gasteiger charge is -2.12. The molecule has 6 nitrogen and oxygen atoms in total. The normalized spacial score (nSPS) is 11.3. The Hall–Kier alpha value is -1.56. The van der Waals surface area contributed by atoms with E-state index in [2.05, 4.69) is 21.6 Å². The molecular weight excluding hydrogens is 290 g/mol. The lowest BCUT2D eigenvalue weighted by Crippen LogP contribution is -2.23. The number of imidazole rings is 1. The highest BCUT2D eigenvalue weighted by molar-refractivity contribution is 6.17. The number of carbonyl (C=O) groups is 1. The monoisotopic (exact) mass is 311 g/mol. The van der Waals surface area contributed by atoms with Crippen molar-refractivity contribution in [1.82, 2.24) is 24.2 Å². The zero-order chi connectivity index (χ0) is 15.6. The second-order valence-electron chi connectivity index (χ2n) is 5.25. The lowest BCUT2D eigenvalue weighted by molar-refractivity contribution is -0.128. The van der Waals surface area contributed by atoms with Gasteiger partial charge in [0.25, 0.3) is 0 Å². The molecule has 0 atom stereocenters. The molecule has 0 bridgehead atoms. The molecule has 0 aliphatic rings. The maximum atomic E-state index is 11.8. The maximum absolute atomic E-state index is 11.8. The number of nitrogens with zero attached hydrogens (tertiary/aromatic N) is 5. The van der Waals surface area contributed by atoms with Crippen LogP contribution in [0.4, 0.5) is 0 Å². The first-order valence-corrected chi connectivity index (χ1v) is 7.70. The fourth-order valence-electron chi connectivity index (χ4n) is 2.47. The van der Waals surface area contributed by atoms with Crippen molar-refractivity contribution in [3.05, 3.63) is 11.5 Å². The third kappa shape index (κ3) is 3.05. The zero-order valence-corrected chi connectivity index (χ0v) is 13.8. The summed E-state index contributed by atoms with van der Waals surface area (Å²) in [5.74, 6) is 1.54. The van der Waals surface area contributed by atoms with Crippen molar-refractivity contribution in [2.45, 2.75) is 32.7 Å². The molecule has 2 rings (SSSR count). The molecule has 0 saturated carbocycles. The summed E-state index contributed by atoms with van der Waals surface area (Å²) < 4.78 is 3.92. The largest absolute Gasteiger partial charge is 0.349 e. The Morgan fingerprint density at radius 2 is 2.10 bits per heavy atom. The summed E-state index contributed by atoms with van der Waals surface area (Å²) in [6.45, 7) is 2.67. The minimum Gasteiger partial charge on any atom is -0.349 e. The topological polar surface area (TPSA) is 56.0 Å². The summed E-state index contributed by atoms with van der Waals surface area (Å²) in [5.41, 5.74) is 2.89. The number of fused-ring (bicyclic) bond motifs is 1. The highest BCUT2D eigenvalue weighted by Gasteiger charge is 2.18. The Morgan fingerprint density at radius 3 is 2.67 bits per heavy atom. The molecule has 0 saturated heterocycles. The first-order chi connectivity index (χ1) is 9.99. The Bertz CT molecular complexity index is 643. The number of aromatic nitrogens is 4. The van der Waals surface area contributed by atoms with Gasteiger partial charge in [-0.1, -0.05) is 6.92 Å². The summed E-state index contributed by atoms with van der Waals surface area (Å²) in [5, 5.41) is 4.50. The van der Waals surface area contributed by atoms with Crippen molar-refractivity contribution >= 4 is 28.7 Å². The lowest BCUT2D eigenvalue weighted by atomic mass is 10.3. The van der Waals surface area contributed by atoms with Crippen LogP contribution < -0.4 is 0 Å². The number of carbonyl (C=O) groups excluding carboxylic acids is 1. The number of amides is 1. The number of rotatable bonds is 6. The van der Waals surface area contributed by atoms with Gasteiger partial charge in [0.05, 0.1) is 5.69 Å². The minimum atomic E-state index is 0.103. The van der Waals surface area contributed by atoms with E-state index in [0.29, 0.717) is 25.3 Å². The van der Waals surface area contributed by atoms with Gasteiger partial charge in [0.1, 0.15) is 11.3 Å². The molecule has 7 heteroatoms. The SMILES string of the molecule is CCc1nn(C)c2c1nc(CCCl)n2CCC(=O)N(C)C. The summed E-state index contributed by atoms with van der Waals surface area (Å²) in [6, 6.07) is 0. The van der Waals surface area contributed by atoms with Crippen LogP contribution in [0.2, 0.25) is 0 Å². The van der Waals surface area contributed by atoms with Crippen molar-refractivity contribution < 1.29 is 4.79 Å². The van der Waals surface area contributed by atoms with Gasteiger partial charge in [0.2, 0.25) is 5.91 Å². The number of hydrogen-bond acceptors (Lipinski definition) is 3. The molecule has 0 radical (unpaired) electrons. The Labute approximate surface area is 129 Å². The molecule has 1 amide bonds. The van der Waals surface area contributed by atoms with Gasteiger partial charge in [-0.25, -0.2) is 4.98 Å². The highest BCUT2D eigenvalue weighted by Crippen LogP contribution is 2.21. The van der Waals surface area contributed by atoms with Gasteiger partial charge in [-0.05, 0) is 6.42 Å². The molecule has 0 unspecified atom stereocenters. The standard InChI is InChI=1S/C14H22ClN5O/c1-5-10-13-14(19(4)17-10)20(11(16-13)6-8-15)9-7-12(21)18(2)3/h5-9H2,1-4H3. The number of aryl methyl sites for hydroxylation is 4. The molecule has 2 aromatic rings. The van der Waals surface area contributed by atoms with Crippen LogP contribution in [0.15, 0.2) is 0 Å². The average Bonchev–Trinajstić information content (AvgIpc) is 2.94. The van der Waals surface area contributed by atoms with E-state index in [0.717, 1.165) is 29.1 Å². The summed E-state index contributed by atoms with van der Waals surface area (Å²) in [4.78, 5) is 18.1. The van der Waals surface area contributed by atoms with E-state index in [1.54, 1.807) is 19.0 Å². The second kappa shape index (κ2) is 6.47. The first kappa shape index (κ1) is 15.8. The fourth-order valence-corrected chi connectivity index (χ4v) is 2.64. The molecule has 0 N–H and O–H groups in total. The van der Waals surface area contributed by atoms with Crippen molar-refractivity contribution in [3.8, 4) is 0 Å². The third-order valence-electron chi connectivity index (χ3n) is 3.57. The molecule has 0 spiro atoms. The van der Waals surface area contributed by atoms with Gasteiger partial charge in [-0.2, -0.15) is 5.10 Å². The van der Waals surface area contributed by atoms with Crippen LogP contribution in [0.1, 0.15) is 24.9 Å². The van der Waals surface area contributed by atoms with E-state index in [4.69, 9.17) is 11.6 Å².